The van der Waals surface area contributed by atoms with Crippen molar-refractivity contribution in [3.8, 4) is 0 Å². The first-order chi connectivity index (χ1) is 5.49. The standard InChI is InChI=1S/C8H15NO3.H2/c1-5(2)7(10)6(3)9-8(11)12-4;/h5-6H,1-4H3,(H,9,11);1H/t6-;/m1./s1. The Morgan fingerprint density at radius 3 is 2.17 bits per heavy atom. The maximum Gasteiger partial charge on any atom is 0.407 e. The van der Waals surface area contributed by atoms with Crippen molar-refractivity contribution in [1.82, 2.24) is 5.32 Å². The van der Waals surface area contributed by atoms with Gasteiger partial charge in [-0.3, -0.25) is 4.79 Å². The molecule has 0 aromatic heterocycles. The molecule has 0 fully saturated rings. The SMILES string of the molecule is COC(=O)N[C@H](C)C(=O)C(C)C.[HH]. The zero-order valence-electron chi connectivity index (χ0n) is 7.88. The summed E-state index contributed by atoms with van der Waals surface area (Å²) in [5.74, 6) is -0.0717. The summed E-state index contributed by atoms with van der Waals surface area (Å²) in [5.41, 5.74) is 0. The Balaban J connectivity index is 0. The lowest BCUT2D eigenvalue weighted by Gasteiger charge is -2.13. The van der Waals surface area contributed by atoms with Crippen LogP contribution in [0.1, 0.15) is 22.2 Å². The van der Waals surface area contributed by atoms with E-state index in [0.717, 1.165) is 0 Å². The van der Waals surface area contributed by atoms with Crippen LogP contribution in [0.2, 0.25) is 0 Å². The average molecular weight is 175 g/mol. The molecular formula is C8H17NO3. The van der Waals surface area contributed by atoms with Gasteiger partial charge in [0.05, 0.1) is 13.2 Å². The summed E-state index contributed by atoms with van der Waals surface area (Å²) >= 11 is 0. The van der Waals surface area contributed by atoms with Gasteiger partial charge >= 0.3 is 6.09 Å². The molecule has 0 heterocycles. The number of carbonyl (C=O) groups excluding carboxylic acids is 2. The normalized spacial score (nSPS) is 12.4. The molecule has 1 N–H and O–H groups in total. The predicted molar refractivity (Wildman–Crippen MR) is 47.0 cm³/mol. The summed E-state index contributed by atoms with van der Waals surface area (Å²) in [6.45, 7) is 5.22. The summed E-state index contributed by atoms with van der Waals surface area (Å²) in [5, 5.41) is 2.40. The molecule has 12 heavy (non-hydrogen) atoms. The molecule has 0 aliphatic carbocycles. The number of hydrogen-bond acceptors (Lipinski definition) is 3. The number of carbonyl (C=O) groups is 2. The minimum absolute atomic E-state index is 0. The molecule has 0 rings (SSSR count). The number of methoxy groups -OCH3 is 1. The van der Waals surface area contributed by atoms with Crippen molar-refractivity contribution in [3.05, 3.63) is 0 Å². The second kappa shape index (κ2) is 4.74. The first-order valence-corrected chi connectivity index (χ1v) is 3.87. The third-order valence-electron chi connectivity index (χ3n) is 1.52. The Labute approximate surface area is 73.8 Å². The van der Waals surface area contributed by atoms with Gasteiger partial charge in [-0.05, 0) is 6.92 Å². The largest absolute Gasteiger partial charge is 0.453 e. The quantitative estimate of drug-likeness (QED) is 0.701. The lowest BCUT2D eigenvalue weighted by molar-refractivity contribution is -0.123. The Morgan fingerprint density at radius 2 is 1.83 bits per heavy atom. The van der Waals surface area contributed by atoms with Crippen molar-refractivity contribution in [2.45, 2.75) is 26.8 Å². The van der Waals surface area contributed by atoms with Gasteiger partial charge < -0.3 is 10.1 Å². The van der Waals surface area contributed by atoms with Crippen LogP contribution in [0.4, 0.5) is 4.79 Å². The molecule has 0 unspecified atom stereocenters. The molecule has 0 spiro atoms. The molecular weight excluding hydrogens is 158 g/mol. The summed E-state index contributed by atoms with van der Waals surface area (Å²) in [6, 6.07) is -0.475. The number of hydrogen-bond donors (Lipinski definition) is 1. The van der Waals surface area contributed by atoms with Crippen LogP contribution < -0.4 is 5.32 Å². The summed E-state index contributed by atoms with van der Waals surface area (Å²) < 4.78 is 4.35. The first-order valence-electron chi connectivity index (χ1n) is 3.87. The third kappa shape index (κ3) is 3.37. The predicted octanol–water partition coefficient (Wildman–Crippen LogP) is 1.20. The van der Waals surface area contributed by atoms with Gasteiger partial charge in [0.15, 0.2) is 5.78 Å². The van der Waals surface area contributed by atoms with Gasteiger partial charge in [-0.25, -0.2) is 4.79 Å². The third-order valence-corrected chi connectivity index (χ3v) is 1.52. The number of alkyl carbamates (subject to hydrolysis) is 1. The monoisotopic (exact) mass is 175 g/mol. The van der Waals surface area contributed by atoms with Gasteiger partial charge in [0.2, 0.25) is 0 Å². The molecule has 0 bridgehead atoms. The fourth-order valence-electron chi connectivity index (χ4n) is 0.807. The topological polar surface area (TPSA) is 55.4 Å². The van der Waals surface area contributed by atoms with Gasteiger partial charge in [0.1, 0.15) is 0 Å². The second-order valence-corrected chi connectivity index (χ2v) is 2.91. The van der Waals surface area contributed by atoms with Gasteiger partial charge in [-0.1, -0.05) is 13.8 Å². The van der Waals surface area contributed by atoms with Crippen LogP contribution >= 0.6 is 0 Å². The van der Waals surface area contributed by atoms with Gasteiger partial charge in [0, 0.05) is 7.34 Å². The van der Waals surface area contributed by atoms with Gasteiger partial charge in [-0.15, -0.1) is 0 Å². The lowest BCUT2D eigenvalue weighted by Crippen LogP contribution is -2.40. The zero-order valence-corrected chi connectivity index (χ0v) is 7.88. The van der Waals surface area contributed by atoms with Crippen molar-refractivity contribution in [2.24, 2.45) is 5.92 Å². The Bertz CT molecular complexity index is 182. The van der Waals surface area contributed by atoms with Crippen LogP contribution in [0.25, 0.3) is 0 Å². The fourth-order valence-corrected chi connectivity index (χ4v) is 0.807. The fraction of sp³-hybridized carbons (Fsp3) is 0.750. The highest BCUT2D eigenvalue weighted by Gasteiger charge is 2.18. The Kier molecular flexibility index (Phi) is 4.33. The molecule has 0 aromatic carbocycles. The van der Waals surface area contributed by atoms with Crippen molar-refractivity contribution < 1.29 is 15.8 Å². The van der Waals surface area contributed by atoms with E-state index in [-0.39, 0.29) is 13.1 Å². The first kappa shape index (κ1) is 10.9. The number of nitrogens with one attached hydrogen (secondary N) is 1. The zero-order chi connectivity index (χ0) is 9.72. The summed E-state index contributed by atoms with van der Waals surface area (Å²) in [7, 11) is 1.27. The highest BCUT2D eigenvalue weighted by atomic mass is 16.5. The minimum atomic E-state index is -0.573. The van der Waals surface area contributed by atoms with E-state index in [1.165, 1.54) is 7.11 Å². The maximum absolute atomic E-state index is 11.2. The van der Waals surface area contributed by atoms with E-state index in [0.29, 0.717) is 0 Å². The molecule has 0 aromatic rings. The molecule has 0 aliphatic rings. The van der Waals surface area contributed by atoms with Crippen molar-refractivity contribution in [2.75, 3.05) is 7.11 Å². The van der Waals surface area contributed by atoms with E-state index in [9.17, 15) is 9.59 Å². The van der Waals surface area contributed by atoms with Crippen molar-refractivity contribution in [3.63, 3.8) is 0 Å². The smallest absolute Gasteiger partial charge is 0.407 e. The molecule has 4 nitrogen and oxygen atoms in total. The molecule has 0 aliphatic heterocycles. The maximum atomic E-state index is 11.2. The average Bonchev–Trinajstić information content (AvgIpc) is 2.02. The summed E-state index contributed by atoms with van der Waals surface area (Å²) in [6.07, 6.45) is -0.573. The van der Waals surface area contributed by atoms with E-state index in [4.69, 9.17) is 0 Å². The highest BCUT2D eigenvalue weighted by molar-refractivity contribution is 5.88. The van der Waals surface area contributed by atoms with E-state index < -0.39 is 12.1 Å². The lowest BCUT2D eigenvalue weighted by atomic mass is 10.0. The molecule has 0 saturated carbocycles. The molecule has 0 saturated heterocycles. The van der Waals surface area contributed by atoms with Crippen LogP contribution in [0.5, 0.6) is 0 Å². The van der Waals surface area contributed by atoms with Crippen LogP contribution in [0.15, 0.2) is 0 Å². The number of Topliss-reactive ketones (excluding diaryl/α,β-unsaturated/α-hetero) is 1. The van der Waals surface area contributed by atoms with Gasteiger partial charge in [-0.2, -0.15) is 0 Å². The number of ether oxygens (including phenoxy) is 1. The number of amides is 1. The van der Waals surface area contributed by atoms with E-state index >= 15 is 0 Å². The molecule has 72 valence electrons. The van der Waals surface area contributed by atoms with E-state index in [2.05, 4.69) is 10.1 Å². The van der Waals surface area contributed by atoms with Gasteiger partial charge in [0.25, 0.3) is 0 Å². The Morgan fingerprint density at radius 1 is 1.33 bits per heavy atom. The second-order valence-electron chi connectivity index (χ2n) is 2.91. The molecule has 4 heteroatoms. The molecule has 1 amide bonds. The minimum Gasteiger partial charge on any atom is -0.453 e. The van der Waals surface area contributed by atoms with Crippen LogP contribution in [0, 0.1) is 5.92 Å². The van der Waals surface area contributed by atoms with Crippen LogP contribution in [0.3, 0.4) is 0 Å². The van der Waals surface area contributed by atoms with Crippen LogP contribution in [-0.4, -0.2) is 25.0 Å². The van der Waals surface area contributed by atoms with E-state index in [1.54, 1.807) is 20.8 Å². The van der Waals surface area contributed by atoms with E-state index in [1.807, 2.05) is 0 Å². The number of rotatable bonds is 3. The van der Waals surface area contributed by atoms with Crippen molar-refractivity contribution in [1.29, 1.82) is 0 Å². The van der Waals surface area contributed by atoms with Crippen LogP contribution in [-0.2, 0) is 9.53 Å². The molecule has 1 atom stereocenters. The number of ketones is 1. The van der Waals surface area contributed by atoms with Crippen molar-refractivity contribution >= 4 is 11.9 Å². The summed E-state index contributed by atoms with van der Waals surface area (Å²) in [4.78, 5) is 21.9. The molecule has 0 radical (unpaired) electrons. The highest BCUT2D eigenvalue weighted by Crippen LogP contribution is 1.98. The Hall–Kier alpha value is -1.06.